The molecule has 140 valence electrons. The molecule has 1 saturated heterocycles. The highest BCUT2D eigenvalue weighted by molar-refractivity contribution is 7.80. The maximum atomic E-state index is 12.8. The van der Waals surface area contributed by atoms with E-state index in [-0.39, 0.29) is 6.04 Å². The van der Waals surface area contributed by atoms with E-state index in [1.165, 1.54) is 5.56 Å². The van der Waals surface area contributed by atoms with Crippen molar-refractivity contribution in [2.24, 2.45) is 0 Å². The molecule has 0 bridgehead atoms. The zero-order valence-corrected chi connectivity index (χ0v) is 16.0. The summed E-state index contributed by atoms with van der Waals surface area (Å²) in [6, 6.07) is 18.4. The third-order valence-electron chi connectivity index (χ3n) is 4.74. The summed E-state index contributed by atoms with van der Waals surface area (Å²) in [6.07, 6.45) is 3.33. The molecule has 1 amide bonds. The molecule has 1 heterocycles. The highest BCUT2D eigenvalue weighted by Crippen LogP contribution is 2.21. The second kappa shape index (κ2) is 9.42. The number of hydrogen-bond acceptors (Lipinski definition) is 4. The SMILES string of the molecule is O=C(C(=O)N1CCCCC1C(=S)OCCc1ccccc1)c1ccccc1. The van der Waals surface area contributed by atoms with Gasteiger partial charge in [-0.1, -0.05) is 60.7 Å². The summed E-state index contributed by atoms with van der Waals surface area (Å²) in [5, 5.41) is 0.403. The Bertz CT molecular complexity index is 792. The van der Waals surface area contributed by atoms with Crippen LogP contribution in [-0.4, -0.2) is 40.8 Å². The van der Waals surface area contributed by atoms with Crippen LogP contribution in [0.4, 0.5) is 0 Å². The Morgan fingerprint density at radius 3 is 2.37 bits per heavy atom. The van der Waals surface area contributed by atoms with Gasteiger partial charge in [-0.3, -0.25) is 9.59 Å². The number of nitrogens with zero attached hydrogens (tertiary/aromatic N) is 1. The van der Waals surface area contributed by atoms with Gasteiger partial charge >= 0.3 is 0 Å². The summed E-state index contributed by atoms with van der Waals surface area (Å²) in [6.45, 7) is 0.998. The normalized spacial score (nSPS) is 16.6. The van der Waals surface area contributed by atoms with E-state index < -0.39 is 11.7 Å². The van der Waals surface area contributed by atoms with Crippen LogP contribution in [0.5, 0.6) is 0 Å². The van der Waals surface area contributed by atoms with Crippen LogP contribution >= 0.6 is 12.2 Å². The number of carbonyl (C=O) groups is 2. The van der Waals surface area contributed by atoms with Crippen molar-refractivity contribution in [3.05, 3.63) is 71.8 Å². The molecule has 0 aromatic heterocycles. The van der Waals surface area contributed by atoms with Crippen LogP contribution in [0.2, 0.25) is 0 Å². The van der Waals surface area contributed by atoms with Crippen LogP contribution in [0.25, 0.3) is 0 Å². The van der Waals surface area contributed by atoms with Gasteiger partial charge in [0, 0.05) is 18.5 Å². The van der Waals surface area contributed by atoms with Gasteiger partial charge in [0.15, 0.2) is 5.05 Å². The topological polar surface area (TPSA) is 46.6 Å². The monoisotopic (exact) mass is 381 g/mol. The van der Waals surface area contributed by atoms with Gasteiger partial charge in [-0.15, -0.1) is 0 Å². The van der Waals surface area contributed by atoms with Crippen molar-refractivity contribution in [1.82, 2.24) is 4.90 Å². The smallest absolute Gasteiger partial charge is 0.295 e. The standard InChI is InChI=1S/C22H23NO3S/c24-20(18-11-5-2-6-12-18)21(25)23-15-8-7-13-19(23)22(27)26-16-14-17-9-3-1-4-10-17/h1-6,9-12,19H,7-8,13-16H2. The number of piperidine rings is 1. The molecule has 3 rings (SSSR count). The molecule has 1 unspecified atom stereocenters. The van der Waals surface area contributed by atoms with Crippen molar-refractivity contribution in [1.29, 1.82) is 0 Å². The zero-order valence-electron chi connectivity index (χ0n) is 15.2. The van der Waals surface area contributed by atoms with E-state index in [4.69, 9.17) is 17.0 Å². The molecule has 5 heteroatoms. The Labute approximate surface area is 165 Å². The number of benzene rings is 2. The van der Waals surface area contributed by atoms with E-state index in [0.717, 1.165) is 25.7 Å². The minimum atomic E-state index is -0.500. The van der Waals surface area contributed by atoms with Gasteiger partial charge in [0.2, 0.25) is 5.78 Å². The molecule has 1 aliphatic heterocycles. The fourth-order valence-corrected chi connectivity index (χ4v) is 3.60. The van der Waals surface area contributed by atoms with E-state index >= 15 is 0 Å². The molecule has 2 aromatic rings. The quantitative estimate of drug-likeness (QED) is 0.433. The Morgan fingerprint density at radius 2 is 1.67 bits per heavy atom. The van der Waals surface area contributed by atoms with E-state index in [9.17, 15) is 9.59 Å². The summed E-state index contributed by atoms with van der Waals surface area (Å²) >= 11 is 5.46. The Balaban J connectivity index is 1.61. The van der Waals surface area contributed by atoms with Crippen LogP contribution in [0.15, 0.2) is 60.7 Å². The molecule has 27 heavy (non-hydrogen) atoms. The number of rotatable bonds is 6. The Kier molecular flexibility index (Phi) is 6.71. The van der Waals surface area contributed by atoms with Crippen molar-refractivity contribution in [3.63, 3.8) is 0 Å². The fraction of sp³-hybridized carbons (Fsp3) is 0.318. The lowest BCUT2D eigenvalue weighted by Gasteiger charge is -2.35. The van der Waals surface area contributed by atoms with E-state index in [1.807, 2.05) is 36.4 Å². The molecule has 0 saturated carbocycles. The number of likely N-dealkylation sites (tertiary alicyclic amines) is 1. The molecule has 4 nitrogen and oxygen atoms in total. The van der Waals surface area contributed by atoms with Gasteiger partial charge in [-0.05, 0) is 37.0 Å². The molecule has 1 fully saturated rings. The molecule has 0 aliphatic carbocycles. The van der Waals surface area contributed by atoms with Gasteiger partial charge in [0.05, 0.1) is 6.61 Å². The number of hydrogen-bond donors (Lipinski definition) is 0. The lowest BCUT2D eigenvalue weighted by atomic mass is 10.0. The molecular formula is C22H23NO3S. The van der Waals surface area contributed by atoms with Crippen LogP contribution in [0, 0.1) is 0 Å². The van der Waals surface area contributed by atoms with Gasteiger partial charge in [0.25, 0.3) is 5.91 Å². The average Bonchev–Trinajstić information content (AvgIpc) is 2.74. The number of ether oxygens (including phenoxy) is 1. The maximum absolute atomic E-state index is 12.8. The summed E-state index contributed by atoms with van der Waals surface area (Å²) in [4.78, 5) is 26.9. The second-order valence-corrected chi connectivity index (χ2v) is 7.01. The van der Waals surface area contributed by atoms with Crippen LogP contribution < -0.4 is 0 Å². The molecule has 0 spiro atoms. The Hall–Kier alpha value is -2.53. The second-order valence-electron chi connectivity index (χ2n) is 6.61. The predicted octanol–water partition coefficient (Wildman–Crippen LogP) is 3.84. The third-order valence-corrected chi connectivity index (χ3v) is 5.13. The maximum Gasteiger partial charge on any atom is 0.295 e. The van der Waals surface area contributed by atoms with Crippen molar-refractivity contribution in [3.8, 4) is 0 Å². The summed E-state index contributed by atoms with van der Waals surface area (Å²) < 4.78 is 5.78. The van der Waals surface area contributed by atoms with Crippen molar-refractivity contribution < 1.29 is 14.3 Å². The molecule has 2 aromatic carbocycles. The molecule has 0 N–H and O–H groups in total. The number of ketones is 1. The summed E-state index contributed by atoms with van der Waals surface area (Å²) in [7, 11) is 0. The van der Waals surface area contributed by atoms with E-state index in [0.29, 0.717) is 23.8 Å². The first-order valence-electron chi connectivity index (χ1n) is 9.28. The average molecular weight is 381 g/mol. The lowest BCUT2D eigenvalue weighted by Crippen LogP contribution is -2.50. The highest BCUT2D eigenvalue weighted by atomic mass is 32.1. The number of amides is 1. The van der Waals surface area contributed by atoms with Crippen LogP contribution in [0.3, 0.4) is 0 Å². The van der Waals surface area contributed by atoms with E-state index in [1.54, 1.807) is 29.2 Å². The number of carbonyl (C=O) groups excluding carboxylic acids is 2. The van der Waals surface area contributed by atoms with Gasteiger partial charge in [-0.25, -0.2) is 0 Å². The van der Waals surface area contributed by atoms with Gasteiger partial charge in [0.1, 0.15) is 6.04 Å². The first-order valence-corrected chi connectivity index (χ1v) is 9.68. The minimum Gasteiger partial charge on any atom is -0.485 e. The molecule has 1 aliphatic rings. The largest absolute Gasteiger partial charge is 0.485 e. The van der Waals surface area contributed by atoms with Crippen LogP contribution in [-0.2, 0) is 16.0 Å². The minimum absolute atomic E-state index is 0.315. The zero-order chi connectivity index (χ0) is 19.1. The third kappa shape index (κ3) is 5.01. The van der Waals surface area contributed by atoms with Crippen LogP contribution in [0.1, 0.15) is 35.2 Å². The number of Topliss-reactive ketones (excluding diaryl/α,β-unsaturated/α-hetero) is 1. The van der Waals surface area contributed by atoms with Crippen molar-refractivity contribution >= 4 is 29.0 Å². The Morgan fingerprint density at radius 1 is 1.00 bits per heavy atom. The fourth-order valence-electron chi connectivity index (χ4n) is 3.27. The van der Waals surface area contributed by atoms with E-state index in [2.05, 4.69) is 0 Å². The van der Waals surface area contributed by atoms with Gasteiger partial charge in [-0.2, -0.15) is 0 Å². The molecular weight excluding hydrogens is 358 g/mol. The lowest BCUT2D eigenvalue weighted by molar-refractivity contribution is -0.128. The van der Waals surface area contributed by atoms with Crippen molar-refractivity contribution in [2.45, 2.75) is 31.7 Å². The van der Waals surface area contributed by atoms with Gasteiger partial charge < -0.3 is 9.64 Å². The highest BCUT2D eigenvalue weighted by Gasteiger charge is 2.34. The van der Waals surface area contributed by atoms with Crippen molar-refractivity contribution in [2.75, 3.05) is 13.2 Å². The summed E-state index contributed by atoms with van der Waals surface area (Å²) in [5.74, 6) is -0.991. The summed E-state index contributed by atoms with van der Waals surface area (Å²) in [5.41, 5.74) is 1.58. The first kappa shape index (κ1) is 19.2. The molecule has 0 radical (unpaired) electrons. The number of thiocarbonyl (C=S) groups is 1. The predicted molar refractivity (Wildman–Crippen MR) is 109 cm³/mol. The first-order chi connectivity index (χ1) is 13.2. The molecule has 1 atom stereocenters.